The standard InChI is InChI=1S/C25H22F7N3O5S.2H2/c1-13(2)12-39-17-10-15(9-16(26)11-17)19-8-7-18(22(34-19)40-23(24(27,28)29)25(30,31)32)21(36)35-41(37,38)20-6-4-5-14(3)33-20;;/h4-11,13,23H,12H2,1-3H3,(H,35,36);2*1H. The van der Waals surface area contributed by atoms with Gasteiger partial charge in [0.1, 0.15) is 17.1 Å². The van der Waals surface area contributed by atoms with Crippen molar-refractivity contribution < 1.29 is 56.3 Å². The van der Waals surface area contributed by atoms with Crippen molar-refractivity contribution in [3.05, 3.63) is 65.6 Å². The minimum atomic E-state index is -6.00. The predicted molar refractivity (Wildman–Crippen MR) is 134 cm³/mol. The fourth-order valence-electron chi connectivity index (χ4n) is 3.25. The van der Waals surface area contributed by atoms with Crippen LogP contribution >= 0.6 is 0 Å². The first kappa shape index (κ1) is 31.6. The van der Waals surface area contributed by atoms with Gasteiger partial charge in [-0.05, 0) is 49.2 Å². The van der Waals surface area contributed by atoms with Crippen LogP contribution in [0.2, 0.25) is 0 Å². The zero-order valence-electron chi connectivity index (χ0n) is 21.5. The van der Waals surface area contributed by atoms with Crippen LogP contribution in [0.5, 0.6) is 11.6 Å². The molecule has 0 spiro atoms. The van der Waals surface area contributed by atoms with E-state index in [1.165, 1.54) is 29.8 Å². The molecule has 3 aromatic rings. The minimum absolute atomic E-state index is 0. The molecule has 0 aliphatic rings. The summed E-state index contributed by atoms with van der Waals surface area (Å²) in [6.45, 7) is 5.21. The molecule has 1 N–H and O–H groups in total. The molecule has 0 unspecified atom stereocenters. The van der Waals surface area contributed by atoms with E-state index < -0.39 is 62.4 Å². The number of benzene rings is 1. The molecule has 8 nitrogen and oxygen atoms in total. The summed E-state index contributed by atoms with van der Waals surface area (Å²) in [5.41, 5.74) is -1.40. The van der Waals surface area contributed by atoms with Crippen LogP contribution in [0.3, 0.4) is 0 Å². The summed E-state index contributed by atoms with van der Waals surface area (Å²) in [5.74, 6) is -4.02. The van der Waals surface area contributed by atoms with Gasteiger partial charge in [-0.1, -0.05) is 19.9 Å². The number of rotatable bonds is 9. The lowest BCUT2D eigenvalue weighted by Gasteiger charge is -2.24. The Hall–Kier alpha value is -3.95. The van der Waals surface area contributed by atoms with Gasteiger partial charge in [-0.25, -0.2) is 19.1 Å². The Balaban J connectivity index is 0.00000462. The van der Waals surface area contributed by atoms with Crippen molar-refractivity contribution in [2.75, 3.05) is 6.61 Å². The highest BCUT2D eigenvalue weighted by molar-refractivity contribution is 7.90. The second-order valence-corrected chi connectivity index (χ2v) is 10.7. The zero-order valence-corrected chi connectivity index (χ0v) is 22.3. The van der Waals surface area contributed by atoms with Crippen LogP contribution in [0.4, 0.5) is 30.7 Å². The molecule has 16 heteroatoms. The molecule has 0 saturated carbocycles. The number of amides is 1. The van der Waals surface area contributed by atoms with Gasteiger partial charge in [-0.3, -0.25) is 4.79 Å². The fraction of sp³-hybridized carbons (Fsp3) is 0.320. The number of alkyl halides is 6. The van der Waals surface area contributed by atoms with E-state index in [4.69, 9.17) is 4.74 Å². The van der Waals surface area contributed by atoms with Crippen molar-refractivity contribution in [1.82, 2.24) is 14.7 Å². The number of carbonyl (C=O) groups is 1. The van der Waals surface area contributed by atoms with Crippen molar-refractivity contribution in [3.63, 3.8) is 0 Å². The molecule has 41 heavy (non-hydrogen) atoms. The molecule has 0 atom stereocenters. The minimum Gasteiger partial charge on any atom is -0.493 e. The van der Waals surface area contributed by atoms with Gasteiger partial charge in [0.25, 0.3) is 22.0 Å². The van der Waals surface area contributed by atoms with E-state index >= 15 is 0 Å². The number of nitrogens with one attached hydrogen (secondary N) is 1. The van der Waals surface area contributed by atoms with E-state index in [2.05, 4.69) is 14.7 Å². The largest absolute Gasteiger partial charge is 0.493 e. The molecule has 2 aromatic heterocycles. The summed E-state index contributed by atoms with van der Waals surface area (Å²) in [5, 5.41) is -0.643. The van der Waals surface area contributed by atoms with Crippen molar-refractivity contribution in [2.24, 2.45) is 5.92 Å². The molecule has 226 valence electrons. The Morgan fingerprint density at radius 1 is 1.00 bits per heavy atom. The van der Waals surface area contributed by atoms with E-state index in [9.17, 15) is 43.9 Å². The highest BCUT2D eigenvalue weighted by Crippen LogP contribution is 2.38. The number of hydrogen-bond donors (Lipinski definition) is 1. The summed E-state index contributed by atoms with van der Waals surface area (Å²) < 4.78 is 130. The lowest BCUT2D eigenvalue weighted by molar-refractivity contribution is -0.300. The Labute approximate surface area is 232 Å². The maximum Gasteiger partial charge on any atom is 0.434 e. The molecular formula is C25H26F7N3O5S. The van der Waals surface area contributed by atoms with E-state index in [0.29, 0.717) is 6.07 Å². The molecule has 2 heterocycles. The normalized spacial score (nSPS) is 12.5. The van der Waals surface area contributed by atoms with Crippen LogP contribution in [0, 0.1) is 18.7 Å². The number of sulfonamides is 1. The molecule has 0 saturated heterocycles. The van der Waals surface area contributed by atoms with Gasteiger partial charge >= 0.3 is 12.4 Å². The maximum absolute atomic E-state index is 14.3. The number of halogens is 7. The number of hydrogen-bond acceptors (Lipinski definition) is 7. The summed E-state index contributed by atoms with van der Waals surface area (Å²) in [4.78, 5) is 20.2. The number of ether oxygens (including phenoxy) is 2. The molecule has 0 bridgehead atoms. The Morgan fingerprint density at radius 2 is 1.66 bits per heavy atom. The monoisotopic (exact) mass is 613 g/mol. The quantitative estimate of drug-likeness (QED) is 0.290. The smallest absolute Gasteiger partial charge is 0.434 e. The average molecular weight is 614 g/mol. The van der Waals surface area contributed by atoms with Crippen LogP contribution in [0.1, 0.15) is 32.8 Å². The summed E-state index contributed by atoms with van der Waals surface area (Å²) in [6.07, 6.45) is -16.4. The topological polar surface area (TPSA) is 107 Å². The number of aryl methyl sites for hydroxylation is 1. The highest BCUT2D eigenvalue weighted by Gasteiger charge is 2.59. The molecule has 3 rings (SSSR count). The fourth-order valence-corrected chi connectivity index (χ4v) is 4.23. The Kier molecular flexibility index (Phi) is 9.15. The van der Waals surface area contributed by atoms with Crippen LogP contribution in [-0.2, 0) is 10.0 Å². The first-order chi connectivity index (χ1) is 18.9. The first-order valence-corrected chi connectivity index (χ1v) is 13.1. The van der Waals surface area contributed by atoms with E-state index in [0.717, 1.165) is 24.3 Å². The van der Waals surface area contributed by atoms with Crippen LogP contribution in [-0.4, -0.2) is 49.4 Å². The van der Waals surface area contributed by atoms with Crippen molar-refractivity contribution in [2.45, 2.75) is 44.3 Å². The van der Waals surface area contributed by atoms with Crippen LogP contribution in [0.25, 0.3) is 11.3 Å². The zero-order chi connectivity index (χ0) is 30.8. The third-order valence-corrected chi connectivity index (χ3v) is 6.28. The van der Waals surface area contributed by atoms with Gasteiger partial charge in [0, 0.05) is 20.2 Å². The molecule has 0 aliphatic carbocycles. The lowest BCUT2D eigenvalue weighted by Crippen LogP contribution is -2.47. The summed E-state index contributed by atoms with van der Waals surface area (Å²) >= 11 is 0. The van der Waals surface area contributed by atoms with Crippen LogP contribution in [0.15, 0.2) is 53.6 Å². The van der Waals surface area contributed by atoms with Gasteiger partial charge in [0.2, 0.25) is 5.88 Å². The maximum atomic E-state index is 14.3. The van der Waals surface area contributed by atoms with E-state index in [-0.39, 0.29) is 32.4 Å². The summed E-state index contributed by atoms with van der Waals surface area (Å²) in [7, 11) is -4.72. The molecular weight excluding hydrogens is 587 g/mol. The van der Waals surface area contributed by atoms with Crippen LogP contribution < -0.4 is 14.2 Å². The van der Waals surface area contributed by atoms with Gasteiger partial charge in [0.05, 0.1) is 12.3 Å². The number of carbonyl (C=O) groups excluding carboxylic acids is 1. The van der Waals surface area contributed by atoms with Crippen molar-refractivity contribution >= 4 is 15.9 Å². The molecule has 0 radical (unpaired) electrons. The number of aromatic nitrogens is 2. The van der Waals surface area contributed by atoms with Gasteiger partial charge in [-0.2, -0.15) is 34.8 Å². The Morgan fingerprint density at radius 3 is 2.24 bits per heavy atom. The van der Waals surface area contributed by atoms with Gasteiger partial charge < -0.3 is 9.47 Å². The second kappa shape index (κ2) is 11.9. The summed E-state index contributed by atoms with van der Waals surface area (Å²) in [6, 6.07) is 8.47. The van der Waals surface area contributed by atoms with Gasteiger partial charge in [0.15, 0.2) is 5.03 Å². The predicted octanol–water partition coefficient (Wildman–Crippen LogP) is 6.11. The molecule has 0 fully saturated rings. The average Bonchev–Trinajstić information content (AvgIpc) is 2.84. The van der Waals surface area contributed by atoms with E-state index in [1.54, 1.807) is 0 Å². The highest BCUT2D eigenvalue weighted by atomic mass is 32.2. The Bertz CT molecular complexity index is 1520. The third-order valence-electron chi connectivity index (χ3n) is 5.04. The second-order valence-electron chi connectivity index (χ2n) is 9.06. The van der Waals surface area contributed by atoms with Crippen molar-refractivity contribution in [3.8, 4) is 22.9 Å². The van der Waals surface area contributed by atoms with Gasteiger partial charge in [-0.15, -0.1) is 0 Å². The molecule has 1 amide bonds. The molecule has 0 aliphatic heterocycles. The van der Waals surface area contributed by atoms with Crippen molar-refractivity contribution in [1.29, 1.82) is 0 Å². The number of pyridine rings is 2. The lowest BCUT2D eigenvalue weighted by atomic mass is 10.1. The first-order valence-electron chi connectivity index (χ1n) is 11.6. The third kappa shape index (κ3) is 8.28. The van der Waals surface area contributed by atoms with E-state index in [1.807, 2.05) is 13.8 Å². The SMILES string of the molecule is Cc1cccc(S(=O)(=O)NC(=O)c2ccc(-c3cc(F)cc(OCC(C)C)c3)nc2OC(C(F)(F)F)C(F)(F)F)n1.[HH].[HH]. The number of nitrogens with zero attached hydrogens (tertiary/aromatic N) is 2. The molecule has 1 aromatic carbocycles.